The number of thiol groups is 1. The molecule has 0 unspecified atom stereocenters. The van der Waals surface area contributed by atoms with E-state index in [1.807, 2.05) is 30.6 Å². The van der Waals surface area contributed by atoms with Crippen molar-refractivity contribution in [2.24, 2.45) is 0 Å². The zero-order chi connectivity index (χ0) is 5.82. The third-order valence-corrected chi connectivity index (χ3v) is 1.06. The van der Waals surface area contributed by atoms with Gasteiger partial charge in [-0.05, 0) is 12.8 Å². The van der Waals surface area contributed by atoms with Crippen LogP contribution in [-0.2, 0) is 0 Å². The zero-order valence-corrected chi connectivity index (χ0v) is 5.18. The minimum Gasteiger partial charge on any atom is -0.136 e. The molecule has 0 fully saturated rings. The molecule has 1 heterocycles. The molecule has 1 rings (SSSR count). The van der Waals surface area contributed by atoms with Gasteiger partial charge in [-0.25, -0.2) is 0 Å². The molecule has 0 aliphatic rings. The SMILES string of the molecule is SN[n+]1ccccc1. The molecule has 3 heteroatoms. The van der Waals surface area contributed by atoms with Crippen molar-refractivity contribution in [3.8, 4) is 0 Å². The second kappa shape index (κ2) is 2.57. The van der Waals surface area contributed by atoms with Crippen molar-refractivity contribution in [3.63, 3.8) is 0 Å². The highest BCUT2D eigenvalue weighted by atomic mass is 32.1. The van der Waals surface area contributed by atoms with E-state index in [9.17, 15) is 0 Å². The first-order valence-electron chi connectivity index (χ1n) is 2.30. The molecule has 0 atom stereocenters. The van der Waals surface area contributed by atoms with E-state index in [1.54, 1.807) is 4.68 Å². The standard InChI is InChI=1S/C5H7N2S/c8-6-7-4-2-1-3-5-7/h1-6,8H/q+1. The van der Waals surface area contributed by atoms with Crippen molar-refractivity contribution in [1.29, 1.82) is 0 Å². The molecule has 0 saturated carbocycles. The normalized spacial score (nSPS) is 8.62. The van der Waals surface area contributed by atoms with Crippen LogP contribution in [-0.4, -0.2) is 0 Å². The fraction of sp³-hybridized carbons (Fsp3) is 0. The topological polar surface area (TPSA) is 15.9 Å². The number of pyridine rings is 1. The average molecular weight is 127 g/mol. The fourth-order valence-electron chi connectivity index (χ4n) is 0.465. The molecule has 1 N–H and O–H groups in total. The smallest absolute Gasteiger partial charge is 0.136 e. The van der Waals surface area contributed by atoms with Crippen LogP contribution >= 0.6 is 12.8 Å². The van der Waals surface area contributed by atoms with Crippen LogP contribution < -0.4 is 9.51 Å². The van der Waals surface area contributed by atoms with Gasteiger partial charge in [0, 0.05) is 12.1 Å². The van der Waals surface area contributed by atoms with Gasteiger partial charge >= 0.3 is 0 Å². The summed E-state index contributed by atoms with van der Waals surface area (Å²) in [6, 6.07) is 5.79. The van der Waals surface area contributed by atoms with Crippen molar-refractivity contribution in [3.05, 3.63) is 30.6 Å². The number of aromatic nitrogens is 1. The molecule has 0 amide bonds. The fourth-order valence-corrected chi connectivity index (χ4v) is 0.599. The van der Waals surface area contributed by atoms with Gasteiger partial charge < -0.3 is 0 Å². The summed E-state index contributed by atoms with van der Waals surface area (Å²) in [5, 5.41) is 0. The van der Waals surface area contributed by atoms with Gasteiger partial charge in [0.15, 0.2) is 12.4 Å². The van der Waals surface area contributed by atoms with E-state index in [0.717, 1.165) is 0 Å². The van der Waals surface area contributed by atoms with Crippen LogP contribution in [0.2, 0.25) is 0 Å². The zero-order valence-electron chi connectivity index (χ0n) is 4.28. The Labute approximate surface area is 53.7 Å². The molecule has 0 radical (unpaired) electrons. The number of hydrogen-bond acceptors (Lipinski definition) is 2. The van der Waals surface area contributed by atoms with E-state index in [-0.39, 0.29) is 0 Å². The Balaban J connectivity index is 2.83. The Hall–Kier alpha value is -0.700. The Morgan fingerprint density at radius 3 is 2.12 bits per heavy atom. The Morgan fingerprint density at radius 1 is 1.12 bits per heavy atom. The third kappa shape index (κ3) is 1.13. The van der Waals surface area contributed by atoms with Crippen molar-refractivity contribution in [2.75, 3.05) is 4.83 Å². The van der Waals surface area contributed by atoms with Crippen LogP contribution in [0.4, 0.5) is 0 Å². The number of rotatable bonds is 1. The van der Waals surface area contributed by atoms with E-state index in [0.29, 0.717) is 0 Å². The molecule has 0 saturated heterocycles. The van der Waals surface area contributed by atoms with Crippen molar-refractivity contribution >= 4 is 12.8 Å². The molecule has 0 aliphatic carbocycles. The molecule has 0 aliphatic heterocycles. The van der Waals surface area contributed by atoms with Crippen LogP contribution in [0.3, 0.4) is 0 Å². The average Bonchev–Trinajstić information content (AvgIpc) is 1.90. The molecular formula is C5H7N2S+. The second-order valence-electron chi connectivity index (χ2n) is 1.38. The molecule has 0 aromatic carbocycles. The van der Waals surface area contributed by atoms with E-state index in [1.165, 1.54) is 0 Å². The van der Waals surface area contributed by atoms with Crippen molar-refractivity contribution in [1.82, 2.24) is 0 Å². The van der Waals surface area contributed by atoms with E-state index < -0.39 is 0 Å². The van der Waals surface area contributed by atoms with Gasteiger partial charge in [0.2, 0.25) is 0 Å². The summed E-state index contributed by atoms with van der Waals surface area (Å²) in [6.07, 6.45) is 3.74. The maximum Gasteiger partial charge on any atom is 0.200 e. The van der Waals surface area contributed by atoms with Gasteiger partial charge in [-0.15, -0.1) is 4.83 Å². The van der Waals surface area contributed by atoms with Crippen LogP contribution in [0.15, 0.2) is 30.6 Å². The van der Waals surface area contributed by atoms with Gasteiger partial charge in [-0.3, -0.25) is 0 Å². The number of nitrogens with zero attached hydrogens (tertiary/aromatic N) is 1. The summed E-state index contributed by atoms with van der Waals surface area (Å²) >= 11 is 3.82. The van der Waals surface area contributed by atoms with Gasteiger partial charge in [0.05, 0.1) is 0 Å². The first-order valence-corrected chi connectivity index (χ1v) is 2.74. The quantitative estimate of drug-likeness (QED) is 0.411. The lowest BCUT2D eigenvalue weighted by atomic mass is 10.5. The van der Waals surface area contributed by atoms with Gasteiger partial charge in [-0.1, -0.05) is 10.7 Å². The molecule has 42 valence electrons. The summed E-state index contributed by atoms with van der Waals surface area (Å²) in [6.45, 7) is 0. The first-order chi connectivity index (χ1) is 3.93. The third-order valence-electron chi connectivity index (χ3n) is 0.831. The molecular weight excluding hydrogens is 120 g/mol. The largest absolute Gasteiger partial charge is 0.200 e. The summed E-state index contributed by atoms with van der Waals surface area (Å²) < 4.78 is 1.74. The number of nitrogens with one attached hydrogen (secondary N) is 1. The molecule has 8 heavy (non-hydrogen) atoms. The Morgan fingerprint density at radius 2 is 1.75 bits per heavy atom. The maximum absolute atomic E-state index is 3.82. The highest BCUT2D eigenvalue weighted by Gasteiger charge is 1.86. The lowest BCUT2D eigenvalue weighted by Crippen LogP contribution is -2.38. The van der Waals surface area contributed by atoms with Crippen LogP contribution in [0, 0.1) is 0 Å². The number of hydrogen-bond donors (Lipinski definition) is 2. The highest BCUT2D eigenvalue weighted by Crippen LogP contribution is 1.73. The van der Waals surface area contributed by atoms with E-state index in [2.05, 4.69) is 17.6 Å². The predicted octanol–water partition coefficient (Wildman–Crippen LogP) is 0.362. The summed E-state index contributed by atoms with van der Waals surface area (Å²) in [4.78, 5) is 2.64. The molecule has 2 nitrogen and oxygen atoms in total. The van der Waals surface area contributed by atoms with Crippen LogP contribution in [0.5, 0.6) is 0 Å². The van der Waals surface area contributed by atoms with E-state index in [4.69, 9.17) is 0 Å². The predicted molar refractivity (Wildman–Crippen MR) is 35.0 cm³/mol. The maximum atomic E-state index is 3.82. The van der Waals surface area contributed by atoms with Crippen molar-refractivity contribution < 1.29 is 4.68 Å². The second-order valence-corrected chi connectivity index (χ2v) is 1.58. The Bertz CT molecular complexity index is 152. The molecule has 0 spiro atoms. The monoisotopic (exact) mass is 127 g/mol. The van der Waals surface area contributed by atoms with Gasteiger partial charge in [-0.2, -0.15) is 0 Å². The highest BCUT2D eigenvalue weighted by molar-refractivity contribution is 7.81. The minimum absolute atomic E-state index is 1.74. The van der Waals surface area contributed by atoms with Crippen LogP contribution in [0.1, 0.15) is 0 Å². The lowest BCUT2D eigenvalue weighted by Gasteiger charge is -1.85. The molecule has 0 bridgehead atoms. The summed E-state index contributed by atoms with van der Waals surface area (Å²) in [5.74, 6) is 0. The summed E-state index contributed by atoms with van der Waals surface area (Å²) in [5.41, 5.74) is 0. The Kier molecular flexibility index (Phi) is 1.75. The summed E-state index contributed by atoms with van der Waals surface area (Å²) in [7, 11) is 0. The van der Waals surface area contributed by atoms with E-state index >= 15 is 0 Å². The van der Waals surface area contributed by atoms with Crippen LogP contribution in [0.25, 0.3) is 0 Å². The minimum atomic E-state index is 1.74. The molecule has 1 aromatic rings. The molecule has 1 aromatic heterocycles. The first kappa shape index (κ1) is 5.44. The van der Waals surface area contributed by atoms with Crippen molar-refractivity contribution in [2.45, 2.75) is 0 Å². The lowest BCUT2D eigenvalue weighted by molar-refractivity contribution is -0.635. The van der Waals surface area contributed by atoms with Gasteiger partial charge in [0.1, 0.15) is 0 Å². The van der Waals surface area contributed by atoms with Gasteiger partial charge in [0.25, 0.3) is 0 Å².